The van der Waals surface area contributed by atoms with Gasteiger partial charge in [0.05, 0.1) is 16.4 Å². The van der Waals surface area contributed by atoms with Crippen molar-refractivity contribution >= 4 is 62.0 Å². The fraction of sp³-hybridized carbons (Fsp3) is 0.286. The van der Waals surface area contributed by atoms with Gasteiger partial charge in [-0.3, -0.25) is 0 Å². The molecule has 0 bridgehead atoms. The predicted octanol–water partition coefficient (Wildman–Crippen LogP) is 13.3. The van der Waals surface area contributed by atoms with Crippen LogP contribution < -0.4 is 10.2 Å². The molecular weight excluding hydrogens is 584 g/mol. The fourth-order valence-corrected chi connectivity index (χ4v) is 6.14. The molecule has 1 N–H and O–H groups in total. The van der Waals surface area contributed by atoms with Gasteiger partial charge in [0.15, 0.2) is 0 Å². The summed E-state index contributed by atoms with van der Waals surface area (Å²) in [5.41, 5.74) is 10.3. The molecule has 0 unspecified atom stereocenters. The van der Waals surface area contributed by atoms with Crippen LogP contribution in [0.1, 0.15) is 79.0 Å². The molecule has 6 rings (SSSR count). The Kier molecular flexibility index (Phi) is 7.97. The highest BCUT2D eigenvalue weighted by molar-refractivity contribution is 6.36. The van der Waals surface area contributed by atoms with Crippen LogP contribution in [0.3, 0.4) is 0 Å². The van der Waals surface area contributed by atoms with Gasteiger partial charge in [0.25, 0.3) is 0 Å². The van der Waals surface area contributed by atoms with Gasteiger partial charge in [-0.25, -0.2) is 0 Å². The van der Waals surface area contributed by atoms with Crippen LogP contribution >= 0.6 is 11.6 Å². The topological polar surface area (TPSA) is 28.4 Å². The molecule has 0 saturated carbocycles. The van der Waals surface area contributed by atoms with Crippen molar-refractivity contribution in [2.75, 3.05) is 10.2 Å². The van der Waals surface area contributed by atoms with Gasteiger partial charge in [-0.2, -0.15) is 0 Å². The van der Waals surface area contributed by atoms with E-state index in [1.807, 2.05) is 12.1 Å². The number of para-hydroxylation sites is 1. The number of fused-ring (bicyclic) bond motifs is 3. The van der Waals surface area contributed by atoms with E-state index in [0.29, 0.717) is 5.02 Å². The molecule has 1 aromatic heterocycles. The molecule has 0 radical (unpaired) electrons. The standard InChI is InChI=1S/C42H45ClN2O/c1-40(2,3)27-14-18-30(19-15-27)44-35-24-29(42(7,8)9)25-36(39(35)43)45(31-20-16-28(17-21-31)41(4,5)6)32-22-23-34-33-12-10-11-13-37(33)46-38(34)26-32/h10-26,44H,1-9H3. The average Bonchev–Trinajstić information content (AvgIpc) is 3.36. The van der Waals surface area contributed by atoms with Crippen molar-refractivity contribution in [2.45, 2.75) is 78.6 Å². The molecule has 236 valence electrons. The van der Waals surface area contributed by atoms with Crippen molar-refractivity contribution in [3.05, 3.63) is 125 Å². The molecule has 0 fully saturated rings. The van der Waals surface area contributed by atoms with Gasteiger partial charge in [0.2, 0.25) is 0 Å². The molecule has 4 heteroatoms. The summed E-state index contributed by atoms with van der Waals surface area (Å²) in [4.78, 5) is 2.25. The van der Waals surface area contributed by atoms with Crippen molar-refractivity contribution in [1.29, 1.82) is 0 Å². The molecule has 46 heavy (non-hydrogen) atoms. The molecule has 0 amide bonds. The van der Waals surface area contributed by atoms with Crippen molar-refractivity contribution in [1.82, 2.24) is 0 Å². The third-order valence-electron chi connectivity index (χ3n) is 8.80. The van der Waals surface area contributed by atoms with E-state index in [2.05, 4.69) is 164 Å². The molecule has 5 aromatic carbocycles. The Balaban J connectivity index is 1.54. The highest BCUT2D eigenvalue weighted by Crippen LogP contribution is 2.46. The minimum absolute atomic E-state index is 0.0416. The maximum atomic E-state index is 7.44. The lowest BCUT2D eigenvalue weighted by atomic mass is 9.86. The minimum atomic E-state index is -0.115. The SMILES string of the molecule is CC(C)(C)c1ccc(Nc2cc(C(C)(C)C)cc(N(c3ccc(C(C)(C)C)cc3)c3ccc4c(c3)oc3ccccc34)c2Cl)cc1. The third-order valence-corrected chi connectivity index (χ3v) is 9.20. The second-order valence-electron chi connectivity index (χ2n) is 15.5. The van der Waals surface area contributed by atoms with E-state index in [1.54, 1.807) is 0 Å². The summed E-state index contributed by atoms with van der Waals surface area (Å²) in [6.07, 6.45) is 0. The highest BCUT2D eigenvalue weighted by Gasteiger charge is 2.25. The molecular formula is C42H45ClN2O. The van der Waals surface area contributed by atoms with Crippen molar-refractivity contribution < 1.29 is 4.42 Å². The second-order valence-corrected chi connectivity index (χ2v) is 15.8. The minimum Gasteiger partial charge on any atom is -0.456 e. The van der Waals surface area contributed by atoms with E-state index < -0.39 is 0 Å². The summed E-state index contributed by atoms with van der Waals surface area (Å²) in [6.45, 7) is 20.1. The first-order valence-electron chi connectivity index (χ1n) is 16.1. The number of nitrogens with zero attached hydrogens (tertiary/aromatic N) is 1. The maximum absolute atomic E-state index is 7.44. The summed E-state index contributed by atoms with van der Waals surface area (Å²) < 4.78 is 6.35. The number of furan rings is 1. The zero-order valence-corrected chi connectivity index (χ0v) is 29.3. The molecule has 0 aliphatic carbocycles. The van der Waals surface area contributed by atoms with Crippen LogP contribution in [0.2, 0.25) is 5.02 Å². The molecule has 6 aromatic rings. The Bertz CT molecular complexity index is 2020. The Morgan fingerprint density at radius 2 is 1.09 bits per heavy atom. The zero-order valence-electron chi connectivity index (χ0n) is 28.5. The summed E-state index contributed by atoms with van der Waals surface area (Å²) in [7, 11) is 0. The smallest absolute Gasteiger partial charge is 0.137 e. The number of anilines is 5. The Hall–Kier alpha value is -4.21. The first-order chi connectivity index (χ1) is 21.6. The van der Waals surface area contributed by atoms with E-state index in [4.69, 9.17) is 16.0 Å². The monoisotopic (exact) mass is 628 g/mol. The number of hydrogen-bond acceptors (Lipinski definition) is 3. The van der Waals surface area contributed by atoms with Crippen LogP contribution in [0.4, 0.5) is 28.4 Å². The molecule has 0 atom stereocenters. The van der Waals surface area contributed by atoms with E-state index in [-0.39, 0.29) is 16.2 Å². The van der Waals surface area contributed by atoms with Crippen LogP contribution in [0.25, 0.3) is 21.9 Å². The number of hydrogen-bond donors (Lipinski definition) is 1. The van der Waals surface area contributed by atoms with Crippen LogP contribution in [-0.2, 0) is 16.2 Å². The summed E-state index contributed by atoms with van der Waals surface area (Å²) in [6, 6.07) is 36.6. The number of halogens is 1. The Morgan fingerprint density at radius 1 is 0.543 bits per heavy atom. The van der Waals surface area contributed by atoms with Crippen LogP contribution in [0.5, 0.6) is 0 Å². The van der Waals surface area contributed by atoms with E-state index in [0.717, 1.165) is 50.4 Å². The molecule has 0 aliphatic heterocycles. The van der Waals surface area contributed by atoms with Crippen LogP contribution in [-0.4, -0.2) is 0 Å². The predicted molar refractivity (Wildman–Crippen MR) is 199 cm³/mol. The third kappa shape index (κ3) is 6.26. The van der Waals surface area contributed by atoms with Crippen LogP contribution in [0, 0.1) is 0 Å². The number of nitrogens with one attached hydrogen (secondary N) is 1. The molecule has 0 aliphatic rings. The first-order valence-corrected chi connectivity index (χ1v) is 16.5. The average molecular weight is 629 g/mol. The summed E-state index contributed by atoms with van der Waals surface area (Å²) in [5.74, 6) is 0. The van der Waals surface area contributed by atoms with Gasteiger partial charge in [-0.15, -0.1) is 0 Å². The van der Waals surface area contributed by atoms with Crippen molar-refractivity contribution in [2.24, 2.45) is 0 Å². The number of rotatable bonds is 5. The lowest BCUT2D eigenvalue weighted by molar-refractivity contribution is 0.590. The van der Waals surface area contributed by atoms with Crippen molar-refractivity contribution in [3.63, 3.8) is 0 Å². The van der Waals surface area contributed by atoms with E-state index in [1.165, 1.54) is 16.7 Å². The zero-order chi connectivity index (χ0) is 33.0. The summed E-state index contributed by atoms with van der Waals surface area (Å²) in [5, 5.41) is 6.52. The number of benzene rings is 5. The van der Waals surface area contributed by atoms with Crippen molar-refractivity contribution in [3.8, 4) is 0 Å². The largest absolute Gasteiger partial charge is 0.456 e. The Labute approximate surface area is 279 Å². The molecule has 0 saturated heterocycles. The first kappa shape index (κ1) is 31.8. The second kappa shape index (κ2) is 11.5. The van der Waals surface area contributed by atoms with Gasteiger partial charge in [-0.1, -0.05) is 116 Å². The van der Waals surface area contributed by atoms with E-state index >= 15 is 0 Å². The Morgan fingerprint density at radius 3 is 1.70 bits per heavy atom. The maximum Gasteiger partial charge on any atom is 0.137 e. The molecule has 1 heterocycles. The lowest BCUT2D eigenvalue weighted by Gasteiger charge is -2.31. The van der Waals surface area contributed by atoms with Gasteiger partial charge in [0.1, 0.15) is 11.2 Å². The lowest BCUT2D eigenvalue weighted by Crippen LogP contribution is -2.16. The van der Waals surface area contributed by atoms with E-state index in [9.17, 15) is 0 Å². The molecule has 3 nitrogen and oxygen atoms in total. The normalized spacial score (nSPS) is 12.6. The van der Waals surface area contributed by atoms with Crippen LogP contribution in [0.15, 0.2) is 108 Å². The van der Waals surface area contributed by atoms with Gasteiger partial charge < -0.3 is 14.6 Å². The summed E-state index contributed by atoms with van der Waals surface area (Å²) >= 11 is 7.44. The fourth-order valence-electron chi connectivity index (χ4n) is 5.90. The van der Waals surface area contributed by atoms with Gasteiger partial charge >= 0.3 is 0 Å². The molecule has 0 spiro atoms. The quantitative estimate of drug-likeness (QED) is 0.206. The van der Waals surface area contributed by atoms with Gasteiger partial charge in [-0.05, 0) is 87.5 Å². The van der Waals surface area contributed by atoms with Gasteiger partial charge in [0, 0.05) is 33.9 Å². The highest BCUT2D eigenvalue weighted by atomic mass is 35.5.